The minimum atomic E-state index is -0.0990. The van der Waals surface area contributed by atoms with Crippen LogP contribution in [0.3, 0.4) is 0 Å². The van der Waals surface area contributed by atoms with E-state index in [2.05, 4.69) is 4.98 Å². The van der Waals surface area contributed by atoms with Crippen LogP contribution in [0.15, 0.2) is 18.2 Å². The third-order valence-electron chi connectivity index (χ3n) is 2.35. The van der Waals surface area contributed by atoms with E-state index in [4.69, 9.17) is 17.3 Å². The lowest BCUT2D eigenvalue weighted by atomic mass is 10.1. The second-order valence-electron chi connectivity index (χ2n) is 3.72. The van der Waals surface area contributed by atoms with Crippen LogP contribution in [0.25, 0.3) is 0 Å². The fourth-order valence-electron chi connectivity index (χ4n) is 1.58. The molecule has 1 aromatic heterocycles. The molecule has 0 aliphatic rings. The Morgan fingerprint density at radius 2 is 2.12 bits per heavy atom. The molecule has 1 aromatic carbocycles. The maximum Gasteiger partial charge on any atom is 0.206 e. The molecule has 2 rings (SSSR count). The van der Waals surface area contributed by atoms with Gasteiger partial charge in [0.2, 0.25) is 5.78 Å². The van der Waals surface area contributed by atoms with Crippen molar-refractivity contribution in [3.8, 4) is 0 Å². The summed E-state index contributed by atoms with van der Waals surface area (Å²) in [4.78, 5) is 17.1. The Kier molecular flexibility index (Phi) is 3.17. The molecule has 0 fully saturated rings. The van der Waals surface area contributed by atoms with Crippen molar-refractivity contribution in [2.75, 3.05) is 5.73 Å². The number of ketones is 1. The van der Waals surface area contributed by atoms with Crippen LogP contribution in [-0.2, 0) is 0 Å². The van der Waals surface area contributed by atoms with E-state index in [1.807, 2.05) is 13.8 Å². The molecule has 2 N–H and O–H groups in total. The fourth-order valence-corrected chi connectivity index (χ4v) is 2.73. The van der Waals surface area contributed by atoms with Gasteiger partial charge in [-0.3, -0.25) is 4.79 Å². The molecular weight excluding hydrogens is 256 g/mol. The van der Waals surface area contributed by atoms with E-state index >= 15 is 0 Å². The summed E-state index contributed by atoms with van der Waals surface area (Å²) in [6.07, 6.45) is 0. The van der Waals surface area contributed by atoms with Crippen LogP contribution in [0.5, 0.6) is 0 Å². The minimum absolute atomic E-state index is 0.0990. The van der Waals surface area contributed by atoms with E-state index in [1.165, 1.54) is 11.3 Å². The molecule has 0 aliphatic carbocycles. The van der Waals surface area contributed by atoms with Gasteiger partial charge in [-0.25, -0.2) is 4.98 Å². The van der Waals surface area contributed by atoms with Crippen molar-refractivity contribution in [3.05, 3.63) is 44.4 Å². The molecule has 0 aliphatic heterocycles. The van der Waals surface area contributed by atoms with Crippen molar-refractivity contribution >= 4 is 34.4 Å². The first-order chi connectivity index (χ1) is 7.99. The third kappa shape index (κ3) is 2.33. The Morgan fingerprint density at radius 1 is 1.41 bits per heavy atom. The summed E-state index contributed by atoms with van der Waals surface area (Å²) in [5, 5.41) is 1.25. The topological polar surface area (TPSA) is 56.0 Å². The molecule has 17 heavy (non-hydrogen) atoms. The number of nitrogens with zero attached hydrogens (tertiary/aromatic N) is 1. The van der Waals surface area contributed by atoms with Crippen molar-refractivity contribution in [3.63, 3.8) is 0 Å². The zero-order valence-corrected chi connectivity index (χ0v) is 11.0. The molecule has 0 spiro atoms. The van der Waals surface area contributed by atoms with Gasteiger partial charge >= 0.3 is 0 Å². The lowest BCUT2D eigenvalue weighted by Gasteiger charge is -2.03. The number of carbonyl (C=O) groups excluding carboxylic acids is 1. The maximum absolute atomic E-state index is 12.3. The number of anilines is 1. The normalized spacial score (nSPS) is 10.5. The Labute approximate surface area is 108 Å². The lowest BCUT2D eigenvalue weighted by molar-refractivity contribution is 0.104. The predicted molar refractivity (Wildman–Crippen MR) is 70.9 cm³/mol. The highest BCUT2D eigenvalue weighted by Gasteiger charge is 2.18. The first-order valence-corrected chi connectivity index (χ1v) is 6.22. The molecule has 0 unspecified atom stereocenters. The summed E-state index contributed by atoms with van der Waals surface area (Å²) in [5.41, 5.74) is 7.35. The smallest absolute Gasteiger partial charge is 0.206 e. The fraction of sp³-hybridized carbons (Fsp3) is 0.167. The zero-order chi connectivity index (χ0) is 12.6. The van der Waals surface area contributed by atoms with Crippen LogP contribution in [0.1, 0.15) is 25.9 Å². The van der Waals surface area contributed by atoms with Gasteiger partial charge in [0.05, 0.1) is 20.6 Å². The molecule has 0 saturated heterocycles. The van der Waals surface area contributed by atoms with E-state index in [1.54, 1.807) is 18.2 Å². The summed E-state index contributed by atoms with van der Waals surface area (Å²) < 4.78 is 0. The highest BCUT2D eigenvalue weighted by molar-refractivity contribution is 7.14. The number of thiazole rings is 1. The Bertz CT molecular complexity index is 592. The number of hydrogen-bond donors (Lipinski definition) is 1. The summed E-state index contributed by atoms with van der Waals surface area (Å²) in [6.45, 7) is 3.70. The number of carbonyl (C=O) groups is 1. The molecular formula is C12H11ClN2OS. The van der Waals surface area contributed by atoms with E-state index in [0.29, 0.717) is 21.2 Å². The highest BCUT2D eigenvalue weighted by Crippen LogP contribution is 2.26. The van der Waals surface area contributed by atoms with Gasteiger partial charge < -0.3 is 5.73 Å². The molecule has 2 aromatic rings. The van der Waals surface area contributed by atoms with E-state index in [-0.39, 0.29) is 5.78 Å². The number of aryl methyl sites for hydroxylation is 2. The number of halogens is 1. The number of benzene rings is 1. The second kappa shape index (κ2) is 4.47. The number of rotatable bonds is 2. The van der Waals surface area contributed by atoms with Crippen LogP contribution >= 0.6 is 22.9 Å². The van der Waals surface area contributed by atoms with Gasteiger partial charge in [-0.15, -0.1) is 11.3 Å². The number of nitrogen functional groups attached to an aromatic ring is 1. The van der Waals surface area contributed by atoms with Crippen LogP contribution in [0.2, 0.25) is 5.02 Å². The van der Waals surface area contributed by atoms with Crippen molar-refractivity contribution < 1.29 is 4.79 Å². The van der Waals surface area contributed by atoms with Gasteiger partial charge in [0, 0.05) is 11.3 Å². The first kappa shape index (κ1) is 12.1. The third-order valence-corrected chi connectivity index (χ3v) is 3.73. The van der Waals surface area contributed by atoms with Gasteiger partial charge in [-0.05, 0) is 32.0 Å². The van der Waals surface area contributed by atoms with Crippen LogP contribution in [0.4, 0.5) is 5.69 Å². The summed E-state index contributed by atoms with van der Waals surface area (Å²) in [5.74, 6) is -0.0990. The van der Waals surface area contributed by atoms with Gasteiger partial charge in [0.25, 0.3) is 0 Å². The molecule has 5 heteroatoms. The molecule has 88 valence electrons. The van der Waals surface area contributed by atoms with Crippen molar-refractivity contribution in [1.29, 1.82) is 0 Å². The maximum atomic E-state index is 12.3. The molecule has 3 nitrogen and oxygen atoms in total. The monoisotopic (exact) mass is 266 g/mol. The SMILES string of the molecule is Cc1nc(C)c(C(=O)c2ccc(N)cc2Cl)s1. The van der Waals surface area contributed by atoms with Gasteiger partial charge in [0.15, 0.2) is 0 Å². The Hall–Kier alpha value is -1.39. The minimum Gasteiger partial charge on any atom is -0.399 e. The van der Waals surface area contributed by atoms with Crippen LogP contribution in [-0.4, -0.2) is 10.8 Å². The Morgan fingerprint density at radius 3 is 2.65 bits per heavy atom. The van der Waals surface area contributed by atoms with E-state index in [0.717, 1.165) is 10.7 Å². The Balaban J connectivity index is 2.47. The van der Waals surface area contributed by atoms with E-state index < -0.39 is 0 Å². The molecule has 0 saturated carbocycles. The van der Waals surface area contributed by atoms with Gasteiger partial charge in [-0.1, -0.05) is 11.6 Å². The van der Waals surface area contributed by atoms with E-state index in [9.17, 15) is 4.79 Å². The molecule has 0 atom stereocenters. The first-order valence-electron chi connectivity index (χ1n) is 5.03. The van der Waals surface area contributed by atoms with Crippen molar-refractivity contribution in [2.45, 2.75) is 13.8 Å². The van der Waals surface area contributed by atoms with Gasteiger partial charge in [-0.2, -0.15) is 0 Å². The average molecular weight is 267 g/mol. The predicted octanol–water partition coefficient (Wildman–Crippen LogP) is 3.23. The quantitative estimate of drug-likeness (QED) is 0.671. The number of hydrogen-bond acceptors (Lipinski definition) is 4. The molecule has 1 heterocycles. The average Bonchev–Trinajstić information content (AvgIpc) is 2.57. The largest absolute Gasteiger partial charge is 0.399 e. The standard InChI is InChI=1S/C12H11ClN2OS/c1-6-12(17-7(2)15-6)11(16)9-4-3-8(14)5-10(9)13/h3-5H,14H2,1-2H3. The zero-order valence-electron chi connectivity index (χ0n) is 9.45. The van der Waals surface area contributed by atoms with Crippen molar-refractivity contribution in [1.82, 2.24) is 4.98 Å². The molecule has 0 bridgehead atoms. The highest BCUT2D eigenvalue weighted by atomic mass is 35.5. The van der Waals surface area contributed by atoms with Crippen LogP contribution < -0.4 is 5.73 Å². The number of nitrogens with two attached hydrogens (primary N) is 1. The summed E-state index contributed by atoms with van der Waals surface area (Å²) in [7, 11) is 0. The molecule has 0 radical (unpaired) electrons. The number of aromatic nitrogens is 1. The molecule has 0 amide bonds. The van der Waals surface area contributed by atoms with Crippen LogP contribution in [0, 0.1) is 13.8 Å². The van der Waals surface area contributed by atoms with Crippen molar-refractivity contribution in [2.24, 2.45) is 0 Å². The summed E-state index contributed by atoms with van der Waals surface area (Å²) in [6, 6.07) is 4.90. The second-order valence-corrected chi connectivity index (χ2v) is 5.33. The lowest BCUT2D eigenvalue weighted by Crippen LogP contribution is -2.02. The van der Waals surface area contributed by atoms with Gasteiger partial charge in [0.1, 0.15) is 0 Å². The summed E-state index contributed by atoms with van der Waals surface area (Å²) >= 11 is 7.40.